The van der Waals surface area contributed by atoms with Crippen molar-refractivity contribution in [2.75, 3.05) is 10.8 Å². The Morgan fingerprint density at radius 2 is 1.46 bits per heavy atom. The predicted molar refractivity (Wildman–Crippen MR) is 154 cm³/mol. The summed E-state index contributed by atoms with van der Waals surface area (Å²) in [4.78, 5) is 28.6. The van der Waals surface area contributed by atoms with Gasteiger partial charge < -0.3 is 10.2 Å². The molecule has 1 unspecified atom stereocenters. The van der Waals surface area contributed by atoms with Crippen molar-refractivity contribution in [3.05, 3.63) is 94.5 Å². The van der Waals surface area contributed by atoms with Crippen LogP contribution in [0.1, 0.15) is 38.2 Å². The van der Waals surface area contributed by atoms with Crippen LogP contribution in [0.25, 0.3) is 0 Å². The molecular formula is C29H31Cl2N3O4S. The molecule has 1 N–H and O–H groups in total. The monoisotopic (exact) mass is 587 g/mol. The second-order valence-electron chi connectivity index (χ2n) is 9.55. The Morgan fingerprint density at radius 3 is 2.05 bits per heavy atom. The fourth-order valence-corrected chi connectivity index (χ4v) is 6.62. The van der Waals surface area contributed by atoms with Gasteiger partial charge >= 0.3 is 0 Å². The van der Waals surface area contributed by atoms with Crippen LogP contribution in [0.5, 0.6) is 0 Å². The Morgan fingerprint density at radius 1 is 0.897 bits per heavy atom. The molecule has 0 spiro atoms. The molecule has 1 saturated carbocycles. The molecule has 2 amide bonds. The molecule has 0 aliphatic heterocycles. The highest BCUT2D eigenvalue weighted by atomic mass is 35.5. The van der Waals surface area contributed by atoms with E-state index >= 15 is 0 Å². The number of anilines is 1. The zero-order chi connectivity index (χ0) is 28.0. The van der Waals surface area contributed by atoms with E-state index in [0.29, 0.717) is 21.3 Å². The Bertz CT molecular complexity index is 1380. The molecule has 3 aromatic rings. The molecule has 206 valence electrons. The molecule has 7 nitrogen and oxygen atoms in total. The highest BCUT2D eigenvalue weighted by molar-refractivity contribution is 7.92. The fraction of sp³-hybridized carbons (Fsp3) is 0.310. The summed E-state index contributed by atoms with van der Waals surface area (Å²) in [6.07, 6.45) is 3.86. The number of carbonyl (C=O) groups excluding carboxylic acids is 2. The normalized spacial score (nSPS) is 14.5. The van der Waals surface area contributed by atoms with Gasteiger partial charge in [0.2, 0.25) is 11.8 Å². The number of amides is 2. The molecular weight excluding hydrogens is 557 g/mol. The summed E-state index contributed by atoms with van der Waals surface area (Å²) in [5, 5.41) is 3.73. The number of sulfonamides is 1. The van der Waals surface area contributed by atoms with Crippen LogP contribution in [-0.2, 0) is 26.2 Å². The van der Waals surface area contributed by atoms with Crippen molar-refractivity contribution >= 4 is 50.7 Å². The van der Waals surface area contributed by atoms with Gasteiger partial charge in [-0.05, 0) is 56.2 Å². The van der Waals surface area contributed by atoms with Gasteiger partial charge in [0.15, 0.2) is 0 Å². The molecule has 0 heterocycles. The summed E-state index contributed by atoms with van der Waals surface area (Å²) >= 11 is 12.9. The van der Waals surface area contributed by atoms with Crippen LogP contribution in [-0.4, -0.2) is 43.8 Å². The predicted octanol–water partition coefficient (Wildman–Crippen LogP) is 5.66. The van der Waals surface area contributed by atoms with E-state index in [1.54, 1.807) is 73.7 Å². The zero-order valence-corrected chi connectivity index (χ0v) is 23.9. The van der Waals surface area contributed by atoms with Crippen LogP contribution in [0.15, 0.2) is 83.8 Å². The molecule has 0 saturated heterocycles. The number of nitrogens with one attached hydrogen (secondary N) is 1. The van der Waals surface area contributed by atoms with Gasteiger partial charge in [-0.15, -0.1) is 0 Å². The van der Waals surface area contributed by atoms with Gasteiger partial charge in [-0.2, -0.15) is 0 Å². The highest BCUT2D eigenvalue weighted by Crippen LogP contribution is 2.28. The van der Waals surface area contributed by atoms with Gasteiger partial charge in [-0.3, -0.25) is 13.9 Å². The smallest absolute Gasteiger partial charge is 0.264 e. The van der Waals surface area contributed by atoms with Crippen molar-refractivity contribution < 1.29 is 18.0 Å². The molecule has 1 fully saturated rings. The van der Waals surface area contributed by atoms with Crippen LogP contribution < -0.4 is 9.62 Å². The quantitative estimate of drug-likeness (QED) is 0.331. The van der Waals surface area contributed by atoms with E-state index < -0.39 is 28.5 Å². The lowest BCUT2D eigenvalue weighted by Gasteiger charge is -2.32. The average Bonchev–Trinajstić information content (AvgIpc) is 3.45. The third-order valence-electron chi connectivity index (χ3n) is 6.91. The van der Waals surface area contributed by atoms with Crippen molar-refractivity contribution in [1.82, 2.24) is 10.2 Å². The third kappa shape index (κ3) is 6.93. The molecule has 1 atom stereocenters. The maximum Gasteiger partial charge on any atom is 0.264 e. The first-order chi connectivity index (χ1) is 18.7. The molecule has 0 aromatic heterocycles. The first kappa shape index (κ1) is 28.9. The lowest BCUT2D eigenvalue weighted by Crippen LogP contribution is -2.52. The Labute approximate surface area is 239 Å². The van der Waals surface area contributed by atoms with Crippen LogP contribution >= 0.6 is 23.2 Å². The topological polar surface area (TPSA) is 86.8 Å². The number of rotatable bonds is 10. The summed E-state index contributed by atoms with van der Waals surface area (Å²) in [6.45, 7) is 1.04. The van der Waals surface area contributed by atoms with Gasteiger partial charge in [0.05, 0.1) is 10.6 Å². The SMILES string of the molecule is CC(C(=O)NC1CCCC1)N(Cc1c(Cl)cccc1Cl)C(=O)CN(c1ccccc1)S(=O)(=O)c1ccccc1. The minimum Gasteiger partial charge on any atom is -0.352 e. The van der Waals surface area contributed by atoms with Crippen molar-refractivity contribution in [3.63, 3.8) is 0 Å². The largest absolute Gasteiger partial charge is 0.352 e. The Balaban J connectivity index is 1.69. The van der Waals surface area contributed by atoms with E-state index in [0.717, 1.165) is 30.0 Å². The molecule has 39 heavy (non-hydrogen) atoms. The molecule has 1 aliphatic rings. The van der Waals surface area contributed by atoms with Gasteiger partial charge in [0.25, 0.3) is 10.0 Å². The van der Waals surface area contributed by atoms with Crippen LogP contribution in [0.4, 0.5) is 5.69 Å². The van der Waals surface area contributed by atoms with Gasteiger partial charge in [0.1, 0.15) is 12.6 Å². The molecule has 0 radical (unpaired) electrons. The van der Waals surface area contributed by atoms with Crippen LogP contribution in [0, 0.1) is 0 Å². The van der Waals surface area contributed by atoms with E-state index in [2.05, 4.69) is 5.32 Å². The van der Waals surface area contributed by atoms with E-state index in [9.17, 15) is 18.0 Å². The van der Waals surface area contributed by atoms with Crippen LogP contribution in [0.3, 0.4) is 0 Å². The first-order valence-electron chi connectivity index (χ1n) is 12.8. The lowest BCUT2D eigenvalue weighted by atomic mass is 10.1. The minimum atomic E-state index is -4.10. The second kappa shape index (κ2) is 12.9. The summed E-state index contributed by atoms with van der Waals surface area (Å²) in [5.41, 5.74) is 0.806. The summed E-state index contributed by atoms with van der Waals surface area (Å²) in [7, 11) is -4.10. The van der Waals surface area contributed by atoms with Gasteiger partial charge in [-0.1, -0.05) is 78.5 Å². The lowest BCUT2D eigenvalue weighted by molar-refractivity contribution is -0.139. The van der Waals surface area contributed by atoms with E-state index in [1.165, 1.54) is 17.0 Å². The molecule has 3 aromatic carbocycles. The van der Waals surface area contributed by atoms with Crippen molar-refractivity contribution in [3.8, 4) is 0 Å². The Kier molecular flexibility index (Phi) is 9.53. The number of para-hydroxylation sites is 1. The molecule has 10 heteroatoms. The molecule has 4 rings (SSSR count). The van der Waals surface area contributed by atoms with Crippen molar-refractivity contribution in [2.45, 2.75) is 56.1 Å². The van der Waals surface area contributed by atoms with Crippen molar-refractivity contribution in [2.24, 2.45) is 0 Å². The number of hydrogen-bond acceptors (Lipinski definition) is 4. The number of nitrogens with zero attached hydrogens (tertiary/aromatic N) is 2. The maximum atomic E-state index is 14.0. The van der Waals surface area contributed by atoms with E-state index in [1.807, 2.05) is 0 Å². The number of hydrogen-bond donors (Lipinski definition) is 1. The summed E-state index contributed by atoms with van der Waals surface area (Å²) in [5.74, 6) is -0.876. The first-order valence-corrected chi connectivity index (χ1v) is 15.0. The standard InChI is InChI=1S/C29H31Cl2N3O4S/c1-21(29(36)32-22-11-8-9-12-22)33(19-25-26(30)17-10-18-27(25)31)28(35)20-34(23-13-4-2-5-14-23)39(37,38)24-15-6-3-7-16-24/h2-7,10,13-18,21-22H,8-9,11-12,19-20H2,1H3,(H,32,36). The summed E-state index contributed by atoms with van der Waals surface area (Å²) in [6, 6.07) is 20.5. The fourth-order valence-electron chi connectivity index (χ4n) is 4.67. The molecule has 1 aliphatic carbocycles. The average molecular weight is 589 g/mol. The second-order valence-corrected chi connectivity index (χ2v) is 12.2. The van der Waals surface area contributed by atoms with E-state index in [4.69, 9.17) is 23.2 Å². The van der Waals surface area contributed by atoms with Gasteiger partial charge in [0, 0.05) is 28.2 Å². The van der Waals surface area contributed by atoms with Crippen LogP contribution in [0.2, 0.25) is 10.0 Å². The molecule has 0 bridgehead atoms. The zero-order valence-electron chi connectivity index (χ0n) is 21.6. The van der Waals surface area contributed by atoms with E-state index in [-0.39, 0.29) is 23.4 Å². The number of benzene rings is 3. The maximum absolute atomic E-state index is 14.0. The van der Waals surface area contributed by atoms with Gasteiger partial charge in [-0.25, -0.2) is 8.42 Å². The van der Waals surface area contributed by atoms with Crippen molar-refractivity contribution in [1.29, 1.82) is 0 Å². The number of carbonyl (C=O) groups is 2. The number of halogens is 2. The third-order valence-corrected chi connectivity index (χ3v) is 9.41. The highest BCUT2D eigenvalue weighted by Gasteiger charge is 2.33. The minimum absolute atomic E-state index is 0.0503. The Hall–Kier alpha value is -3.07. The summed E-state index contributed by atoms with van der Waals surface area (Å²) < 4.78 is 28.5.